The summed E-state index contributed by atoms with van der Waals surface area (Å²) in [5.41, 5.74) is 1.10. The van der Waals surface area contributed by atoms with Gasteiger partial charge in [0.1, 0.15) is 5.75 Å². The standard InChI is InChI=1S/C16H19NO5/c1-21-11-4-2-3-10(7-11)12-8-13(12)15(18)17-5-6-22-14(9-17)16(19)20/h2-4,7,12-14H,5-6,8-9H2,1H3,(H,19,20)/t12-,13+,14+/m0/s1. The highest BCUT2D eigenvalue weighted by molar-refractivity contribution is 5.84. The third-order valence-corrected chi connectivity index (χ3v) is 4.28. The van der Waals surface area contributed by atoms with Crippen molar-refractivity contribution in [2.45, 2.75) is 18.4 Å². The molecule has 1 heterocycles. The fourth-order valence-corrected chi connectivity index (χ4v) is 2.94. The Morgan fingerprint density at radius 2 is 2.23 bits per heavy atom. The molecule has 2 aliphatic rings. The lowest BCUT2D eigenvalue weighted by Gasteiger charge is -2.31. The first-order valence-corrected chi connectivity index (χ1v) is 7.37. The van der Waals surface area contributed by atoms with Gasteiger partial charge in [-0.1, -0.05) is 12.1 Å². The normalized spacial score (nSPS) is 27.3. The van der Waals surface area contributed by atoms with Gasteiger partial charge in [0.15, 0.2) is 6.10 Å². The first-order chi connectivity index (χ1) is 10.6. The van der Waals surface area contributed by atoms with E-state index in [4.69, 9.17) is 14.6 Å². The van der Waals surface area contributed by atoms with Crippen LogP contribution in [-0.4, -0.2) is 54.8 Å². The van der Waals surface area contributed by atoms with E-state index < -0.39 is 12.1 Å². The van der Waals surface area contributed by atoms with Crippen molar-refractivity contribution >= 4 is 11.9 Å². The number of morpholine rings is 1. The lowest BCUT2D eigenvalue weighted by molar-refractivity contribution is -0.159. The molecule has 118 valence electrons. The van der Waals surface area contributed by atoms with Gasteiger partial charge in [-0.3, -0.25) is 4.79 Å². The Bertz CT molecular complexity index is 588. The molecule has 0 radical (unpaired) electrons. The smallest absolute Gasteiger partial charge is 0.334 e. The highest BCUT2D eigenvalue weighted by Gasteiger charge is 2.46. The maximum Gasteiger partial charge on any atom is 0.334 e. The minimum absolute atomic E-state index is 0.0300. The summed E-state index contributed by atoms with van der Waals surface area (Å²) in [6.45, 7) is 0.874. The fraction of sp³-hybridized carbons (Fsp3) is 0.500. The number of hydrogen-bond donors (Lipinski definition) is 1. The number of carboxylic acid groups (broad SMARTS) is 1. The molecule has 1 aliphatic carbocycles. The molecular formula is C16H19NO5. The molecule has 0 bridgehead atoms. The van der Waals surface area contributed by atoms with E-state index in [1.807, 2.05) is 24.3 Å². The van der Waals surface area contributed by atoms with E-state index in [-0.39, 0.29) is 30.9 Å². The van der Waals surface area contributed by atoms with Gasteiger partial charge in [-0.2, -0.15) is 0 Å². The van der Waals surface area contributed by atoms with Gasteiger partial charge in [0.25, 0.3) is 0 Å². The maximum absolute atomic E-state index is 12.5. The van der Waals surface area contributed by atoms with Crippen LogP contribution in [0.15, 0.2) is 24.3 Å². The maximum atomic E-state index is 12.5. The van der Waals surface area contributed by atoms with Crippen LogP contribution in [-0.2, 0) is 14.3 Å². The Labute approximate surface area is 128 Å². The molecule has 22 heavy (non-hydrogen) atoms. The summed E-state index contributed by atoms with van der Waals surface area (Å²) in [6, 6.07) is 7.75. The first-order valence-electron chi connectivity index (χ1n) is 7.37. The number of carbonyl (C=O) groups is 2. The minimum atomic E-state index is -1.02. The minimum Gasteiger partial charge on any atom is -0.497 e. The molecule has 2 fully saturated rings. The number of benzene rings is 1. The van der Waals surface area contributed by atoms with Crippen molar-refractivity contribution in [3.63, 3.8) is 0 Å². The fourth-order valence-electron chi connectivity index (χ4n) is 2.94. The number of methoxy groups -OCH3 is 1. The Hall–Kier alpha value is -2.08. The average Bonchev–Trinajstić information content (AvgIpc) is 3.35. The molecule has 3 rings (SSSR count). The van der Waals surface area contributed by atoms with Gasteiger partial charge in [0.05, 0.1) is 20.3 Å². The number of carbonyl (C=O) groups excluding carboxylic acids is 1. The summed E-state index contributed by atoms with van der Waals surface area (Å²) in [6.07, 6.45) is -0.104. The number of amides is 1. The van der Waals surface area contributed by atoms with Crippen LogP contribution in [0.2, 0.25) is 0 Å². The zero-order valence-electron chi connectivity index (χ0n) is 12.4. The zero-order valence-corrected chi connectivity index (χ0v) is 12.4. The van der Waals surface area contributed by atoms with Crippen molar-refractivity contribution in [2.75, 3.05) is 26.8 Å². The summed E-state index contributed by atoms with van der Waals surface area (Å²) in [5.74, 6) is -0.0544. The summed E-state index contributed by atoms with van der Waals surface area (Å²) in [7, 11) is 1.62. The van der Waals surface area contributed by atoms with Crippen LogP contribution in [0.3, 0.4) is 0 Å². The summed E-state index contributed by atoms with van der Waals surface area (Å²) < 4.78 is 10.4. The molecule has 1 aromatic carbocycles. The van der Waals surface area contributed by atoms with Crippen molar-refractivity contribution in [2.24, 2.45) is 5.92 Å². The molecular weight excluding hydrogens is 286 g/mol. The largest absolute Gasteiger partial charge is 0.497 e. The van der Waals surface area contributed by atoms with Crippen LogP contribution in [0.1, 0.15) is 17.9 Å². The topological polar surface area (TPSA) is 76.1 Å². The highest BCUT2D eigenvalue weighted by atomic mass is 16.5. The van der Waals surface area contributed by atoms with Gasteiger partial charge in [0.2, 0.25) is 5.91 Å². The number of carboxylic acids is 1. The predicted octanol–water partition coefficient (Wildman–Crippen LogP) is 1.11. The van der Waals surface area contributed by atoms with Gasteiger partial charge in [-0.15, -0.1) is 0 Å². The molecule has 1 amide bonds. The van der Waals surface area contributed by atoms with Crippen molar-refractivity contribution in [3.05, 3.63) is 29.8 Å². The summed E-state index contributed by atoms with van der Waals surface area (Å²) >= 11 is 0. The molecule has 6 heteroatoms. The van der Waals surface area contributed by atoms with Crippen LogP contribution < -0.4 is 4.74 Å². The Morgan fingerprint density at radius 3 is 2.95 bits per heavy atom. The van der Waals surface area contributed by atoms with E-state index in [1.165, 1.54) is 0 Å². The number of nitrogens with zero attached hydrogens (tertiary/aromatic N) is 1. The zero-order chi connectivity index (χ0) is 15.7. The summed E-state index contributed by atoms with van der Waals surface area (Å²) in [5, 5.41) is 9.00. The SMILES string of the molecule is COc1cccc([C@@H]2C[C@H]2C(=O)N2CCO[C@@H](C(=O)O)C2)c1. The van der Waals surface area contributed by atoms with Gasteiger partial charge >= 0.3 is 5.97 Å². The molecule has 3 atom stereocenters. The Balaban J connectivity index is 1.63. The number of aliphatic carboxylic acids is 1. The van der Waals surface area contributed by atoms with Gasteiger partial charge in [-0.05, 0) is 30.0 Å². The monoisotopic (exact) mass is 305 g/mol. The summed E-state index contributed by atoms with van der Waals surface area (Å²) in [4.78, 5) is 25.1. The number of hydrogen-bond acceptors (Lipinski definition) is 4. The number of ether oxygens (including phenoxy) is 2. The van der Waals surface area contributed by atoms with Crippen LogP contribution >= 0.6 is 0 Å². The molecule has 1 saturated heterocycles. The Kier molecular flexibility index (Phi) is 4.02. The molecule has 1 aliphatic heterocycles. The van der Waals surface area contributed by atoms with E-state index in [0.717, 1.165) is 17.7 Å². The van der Waals surface area contributed by atoms with Crippen molar-refractivity contribution in [1.29, 1.82) is 0 Å². The van der Waals surface area contributed by atoms with E-state index >= 15 is 0 Å². The van der Waals surface area contributed by atoms with Crippen LogP contribution in [0, 0.1) is 5.92 Å². The highest BCUT2D eigenvalue weighted by Crippen LogP contribution is 2.49. The van der Waals surface area contributed by atoms with Gasteiger partial charge in [-0.25, -0.2) is 4.79 Å². The second kappa shape index (κ2) is 5.96. The third-order valence-electron chi connectivity index (χ3n) is 4.28. The molecule has 0 unspecified atom stereocenters. The molecule has 1 N–H and O–H groups in total. The molecule has 1 saturated carbocycles. The molecule has 0 spiro atoms. The lowest BCUT2D eigenvalue weighted by atomic mass is 10.1. The third kappa shape index (κ3) is 2.92. The lowest BCUT2D eigenvalue weighted by Crippen LogP contribution is -2.49. The van der Waals surface area contributed by atoms with Gasteiger partial charge in [0, 0.05) is 12.5 Å². The van der Waals surface area contributed by atoms with E-state index in [9.17, 15) is 9.59 Å². The quantitative estimate of drug-likeness (QED) is 0.902. The first kappa shape index (κ1) is 14.8. The van der Waals surface area contributed by atoms with E-state index in [2.05, 4.69) is 0 Å². The Morgan fingerprint density at radius 1 is 1.41 bits per heavy atom. The van der Waals surface area contributed by atoms with Crippen LogP contribution in [0.4, 0.5) is 0 Å². The molecule has 6 nitrogen and oxygen atoms in total. The van der Waals surface area contributed by atoms with E-state index in [0.29, 0.717) is 6.54 Å². The van der Waals surface area contributed by atoms with Crippen molar-refractivity contribution in [3.8, 4) is 5.75 Å². The van der Waals surface area contributed by atoms with Crippen molar-refractivity contribution in [1.82, 2.24) is 4.90 Å². The second-order valence-electron chi connectivity index (χ2n) is 5.71. The molecule has 0 aromatic heterocycles. The van der Waals surface area contributed by atoms with Gasteiger partial charge < -0.3 is 19.5 Å². The average molecular weight is 305 g/mol. The number of rotatable bonds is 4. The predicted molar refractivity (Wildman–Crippen MR) is 77.8 cm³/mol. The van der Waals surface area contributed by atoms with Crippen molar-refractivity contribution < 1.29 is 24.2 Å². The van der Waals surface area contributed by atoms with E-state index in [1.54, 1.807) is 12.0 Å². The van der Waals surface area contributed by atoms with Crippen LogP contribution in [0.25, 0.3) is 0 Å². The molecule has 1 aromatic rings. The second-order valence-corrected chi connectivity index (χ2v) is 5.71. The van der Waals surface area contributed by atoms with Crippen LogP contribution in [0.5, 0.6) is 5.75 Å².